The smallest absolute Gasteiger partial charge is 0.120 e. The van der Waals surface area contributed by atoms with E-state index >= 15 is 0 Å². The van der Waals surface area contributed by atoms with Gasteiger partial charge in [0.15, 0.2) is 0 Å². The fourth-order valence-electron chi connectivity index (χ4n) is 4.55. The predicted octanol–water partition coefficient (Wildman–Crippen LogP) is 2.66. The molecule has 2 fully saturated rings. The molecular formula is C25H29N3O3. The maximum absolute atomic E-state index is 10.5. The third kappa shape index (κ3) is 4.72. The highest BCUT2D eigenvalue weighted by Gasteiger charge is 2.33. The van der Waals surface area contributed by atoms with Gasteiger partial charge in [0, 0.05) is 51.2 Å². The average Bonchev–Trinajstić information content (AvgIpc) is 2.80. The summed E-state index contributed by atoms with van der Waals surface area (Å²) < 4.78 is 11.5. The molecule has 1 N–H and O–H groups in total. The summed E-state index contributed by atoms with van der Waals surface area (Å²) in [5.74, 6) is 0.777. The van der Waals surface area contributed by atoms with Crippen LogP contribution in [-0.4, -0.2) is 84.6 Å². The molecule has 2 saturated heterocycles. The molecule has 31 heavy (non-hydrogen) atoms. The van der Waals surface area contributed by atoms with Crippen LogP contribution in [-0.2, 0) is 4.74 Å². The van der Waals surface area contributed by atoms with Crippen LogP contribution in [0.3, 0.4) is 0 Å². The summed E-state index contributed by atoms with van der Waals surface area (Å²) in [7, 11) is 0. The van der Waals surface area contributed by atoms with E-state index in [-0.39, 0.29) is 6.61 Å². The number of aliphatic hydroxyl groups excluding tert-OH is 1. The van der Waals surface area contributed by atoms with Gasteiger partial charge in [0.25, 0.3) is 0 Å². The number of rotatable bonds is 7. The van der Waals surface area contributed by atoms with Gasteiger partial charge in [0.05, 0.1) is 13.2 Å². The van der Waals surface area contributed by atoms with Crippen molar-refractivity contribution < 1.29 is 14.6 Å². The van der Waals surface area contributed by atoms with E-state index in [4.69, 9.17) is 9.47 Å². The fraction of sp³-hybridized carbons (Fsp3) is 0.400. The molecule has 0 spiro atoms. The minimum atomic E-state index is -0.513. The Morgan fingerprint density at radius 2 is 1.84 bits per heavy atom. The fourth-order valence-corrected chi connectivity index (χ4v) is 4.55. The van der Waals surface area contributed by atoms with Crippen LogP contribution in [0.25, 0.3) is 21.9 Å². The SMILES string of the molecule is OC(COc1cc(-c2ccncc2)c2ccccc2c1)CN1CC(N2CCOCC2)C1. The van der Waals surface area contributed by atoms with Gasteiger partial charge in [0.2, 0.25) is 0 Å². The molecule has 6 nitrogen and oxygen atoms in total. The molecule has 1 atom stereocenters. The topological polar surface area (TPSA) is 58.1 Å². The number of likely N-dealkylation sites (tertiary alicyclic amines) is 1. The van der Waals surface area contributed by atoms with E-state index in [1.54, 1.807) is 12.4 Å². The van der Waals surface area contributed by atoms with Crippen LogP contribution in [0.5, 0.6) is 5.75 Å². The average molecular weight is 420 g/mol. The number of benzene rings is 2. The van der Waals surface area contributed by atoms with E-state index in [1.807, 2.05) is 24.3 Å². The van der Waals surface area contributed by atoms with E-state index in [1.165, 1.54) is 5.39 Å². The minimum absolute atomic E-state index is 0.285. The highest BCUT2D eigenvalue weighted by Crippen LogP contribution is 2.33. The number of β-amino-alcohol motifs (C(OH)–C–C–N with tert-alkyl or cyclic N) is 1. The van der Waals surface area contributed by atoms with Gasteiger partial charge in [-0.25, -0.2) is 0 Å². The molecule has 162 valence electrons. The van der Waals surface area contributed by atoms with Crippen molar-refractivity contribution in [1.29, 1.82) is 0 Å². The number of pyridine rings is 1. The van der Waals surface area contributed by atoms with Crippen molar-refractivity contribution in [3.05, 3.63) is 60.9 Å². The van der Waals surface area contributed by atoms with Gasteiger partial charge in [-0.1, -0.05) is 24.3 Å². The standard InChI is InChI=1S/C25H29N3O3/c29-22(17-27-15-21(16-27)28-9-11-30-12-10-28)18-31-23-13-20-3-1-2-4-24(20)25(14-23)19-5-7-26-8-6-19/h1-8,13-14,21-22,29H,9-12,15-18H2. The van der Waals surface area contributed by atoms with Crippen LogP contribution in [0, 0.1) is 0 Å². The molecule has 3 aromatic rings. The summed E-state index contributed by atoms with van der Waals surface area (Å²) in [5.41, 5.74) is 2.22. The summed E-state index contributed by atoms with van der Waals surface area (Å²) in [4.78, 5) is 8.93. The van der Waals surface area contributed by atoms with Crippen molar-refractivity contribution in [2.75, 3.05) is 52.5 Å². The second kappa shape index (κ2) is 9.32. The van der Waals surface area contributed by atoms with E-state index in [2.05, 4.69) is 39.0 Å². The zero-order valence-electron chi connectivity index (χ0n) is 17.7. The lowest BCUT2D eigenvalue weighted by Crippen LogP contribution is -2.62. The van der Waals surface area contributed by atoms with E-state index in [9.17, 15) is 5.11 Å². The number of hydrogen-bond donors (Lipinski definition) is 1. The third-order valence-corrected chi connectivity index (χ3v) is 6.24. The van der Waals surface area contributed by atoms with Crippen molar-refractivity contribution >= 4 is 10.8 Å². The Morgan fingerprint density at radius 1 is 1.06 bits per heavy atom. The number of morpholine rings is 1. The molecular weight excluding hydrogens is 390 g/mol. The van der Waals surface area contributed by atoms with Crippen molar-refractivity contribution in [1.82, 2.24) is 14.8 Å². The highest BCUT2D eigenvalue weighted by molar-refractivity contribution is 5.97. The summed E-state index contributed by atoms with van der Waals surface area (Å²) in [6.07, 6.45) is 3.10. The van der Waals surface area contributed by atoms with E-state index in [0.717, 1.165) is 61.7 Å². The number of aromatic nitrogens is 1. The summed E-state index contributed by atoms with van der Waals surface area (Å²) >= 11 is 0. The first-order chi connectivity index (χ1) is 15.3. The molecule has 3 heterocycles. The Balaban J connectivity index is 1.20. The number of aliphatic hydroxyl groups is 1. The summed E-state index contributed by atoms with van der Waals surface area (Å²) in [5, 5.41) is 12.8. The third-order valence-electron chi connectivity index (χ3n) is 6.24. The molecule has 1 unspecified atom stereocenters. The van der Waals surface area contributed by atoms with Crippen LogP contribution in [0.2, 0.25) is 0 Å². The molecule has 0 amide bonds. The maximum Gasteiger partial charge on any atom is 0.120 e. The normalized spacial score (nSPS) is 19.3. The Labute approximate surface area is 183 Å². The van der Waals surface area contributed by atoms with Crippen LogP contribution >= 0.6 is 0 Å². The minimum Gasteiger partial charge on any atom is -0.491 e. The number of hydrogen-bond acceptors (Lipinski definition) is 6. The lowest BCUT2D eigenvalue weighted by atomic mass is 9.98. The van der Waals surface area contributed by atoms with Gasteiger partial charge < -0.3 is 14.6 Å². The Morgan fingerprint density at radius 3 is 2.65 bits per heavy atom. The van der Waals surface area contributed by atoms with E-state index in [0.29, 0.717) is 12.6 Å². The van der Waals surface area contributed by atoms with Crippen molar-refractivity contribution in [3.8, 4) is 16.9 Å². The number of ether oxygens (including phenoxy) is 2. The highest BCUT2D eigenvalue weighted by atomic mass is 16.5. The van der Waals surface area contributed by atoms with Gasteiger partial charge in [-0.2, -0.15) is 0 Å². The van der Waals surface area contributed by atoms with Crippen molar-refractivity contribution in [3.63, 3.8) is 0 Å². The lowest BCUT2D eigenvalue weighted by Gasteiger charge is -2.47. The first kappa shape index (κ1) is 20.4. The first-order valence-electron chi connectivity index (χ1n) is 11.0. The molecule has 0 bridgehead atoms. The van der Waals surface area contributed by atoms with Crippen LogP contribution < -0.4 is 4.74 Å². The second-order valence-corrected chi connectivity index (χ2v) is 8.41. The first-order valence-corrected chi connectivity index (χ1v) is 11.0. The zero-order chi connectivity index (χ0) is 21.0. The molecule has 5 rings (SSSR count). The molecule has 2 aromatic carbocycles. The second-order valence-electron chi connectivity index (χ2n) is 8.41. The molecule has 2 aliphatic heterocycles. The molecule has 6 heteroatoms. The van der Waals surface area contributed by atoms with Crippen LogP contribution in [0.1, 0.15) is 0 Å². The van der Waals surface area contributed by atoms with Gasteiger partial charge in [-0.05, 0) is 46.2 Å². The lowest BCUT2D eigenvalue weighted by molar-refractivity contribution is -0.0461. The molecule has 0 aliphatic carbocycles. The van der Waals surface area contributed by atoms with Gasteiger partial charge in [-0.3, -0.25) is 14.8 Å². The zero-order valence-corrected chi connectivity index (χ0v) is 17.7. The Bertz CT molecular complexity index is 1000. The van der Waals surface area contributed by atoms with E-state index < -0.39 is 6.10 Å². The van der Waals surface area contributed by atoms with Gasteiger partial charge >= 0.3 is 0 Å². The number of nitrogens with zero attached hydrogens (tertiary/aromatic N) is 3. The van der Waals surface area contributed by atoms with Crippen molar-refractivity contribution in [2.24, 2.45) is 0 Å². The van der Waals surface area contributed by atoms with Gasteiger partial charge in [0.1, 0.15) is 18.5 Å². The summed E-state index contributed by atoms with van der Waals surface area (Å²) in [6.45, 7) is 6.66. The maximum atomic E-state index is 10.5. The Kier molecular flexibility index (Phi) is 6.13. The quantitative estimate of drug-likeness (QED) is 0.636. The Hall–Kier alpha value is -2.51. The van der Waals surface area contributed by atoms with Gasteiger partial charge in [-0.15, -0.1) is 0 Å². The number of fused-ring (bicyclic) bond motifs is 1. The van der Waals surface area contributed by atoms with Crippen molar-refractivity contribution in [2.45, 2.75) is 12.1 Å². The predicted molar refractivity (Wildman–Crippen MR) is 121 cm³/mol. The summed E-state index contributed by atoms with van der Waals surface area (Å²) in [6, 6.07) is 17.0. The molecule has 2 aliphatic rings. The van der Waals surface area contributed by atoms with Crippen LogP contribution in [0.4, 0.5) is 0 Å². The molecule has 0 saturated carbocycles. The monoisotopic (exact) mass is 419 g/mol. The largest absolute Gasteiger partial charge is 0.491 e. The molecule has 0 radical (unpaired) electrons. The molecule has 1 aromatic heterocycles. The van der Waals surface area contributed by atoms with Crippen LogP contribution in [0.15, 0.2) is 60.9 Å².